The van der Waals surface area contributed by atoms with Gasteiger partial charge < -0.3 is 10.2 Å². The molecule has 0 saturated carbocycles. The highest BCUT2D eigenvalue weighted by atomic mass is 79.9. The van der Waals surface area contributed by atoms with Crippen LogP contribution in [0.25, 0.3) is 0 Å². The first kappa shape index (κ1) is 16.7. The minimum absolute atomic E-state index is 0.0656. The molecule has 0 bridgehead atoms. The summed E-state index contributed by atoms with van der Waals surface area (Å²) >= 11 is 6.75. The van der Waals surface area contributed by atoms with Crippen LogP contribution in [0.15, 0.2) is 27.4 Å². The molecule has 0 unspecified atom stereocenters. The molecule has 0 radical (unpaired) electrons. The SMILES string of the molecule is O=C(CCC(=O)N1CCc2sccc2C1)NCc1cc(Br)cs1. The van der Waals surface area contributed by atoms with E-state index in [2.05, 4.69) is 32.7 Å². The van der Waals surface area contributed by atoms with Gasteiger partial charge in [0.25, 0.3) is 0 Å². The van der Waals surface area contributed by atoms with Gasteiger partial charge in [0.1, 0.15) is 0 Å². The highest BCUT2D eigenvalue weighted by Gasteiger charge is 2.21. The summed E-state index contributed by atoms with van der Waals surface area (Å²) < 4.78 is 1.03. The summed E-state index contributed by atoms with van der Waals surface area (Å²) in [7, 11) is 0. The molecular weight excluding hydrogens is 396 g/mol. The molecule has 0 saturated heterocycles. The van der Waals surface area contributed by atoms with E-state index in [1.165, 1.54) is 10.4 Å². The number of thiophene rings is 2. The molecule has 3 heterocycles. The predicted octanol–water partition coefficient (Wildman–Crippen LogP) is 3.55. The first-order valence-electron chi connectivity index (χ1n) is 7.44. The predicted molar refractivity (Wildman–Crippen MR) is 96.5 cm³/mol. The monoisotopic (exact) mass is 412 g/mol. The van der Waals surface area contributed by atoms with Crippen LogP contribution in [0.3, 0.4) is 0 Å². The lowest BCUT2D eigenvalue weighted by molar-refractivity contribution is -0.134. The third-order valence-corrected chi connectivity index (χ3v) is 6.53. The maximum Gasteiger partial charge on any atom is 0.223 e. The van der Waals surface area contributed by atoms with E-state index in [0.29, 0.717) is 13.1 Å². The van der Waals surface area contributed by atoms with Crippen molar-refractivity contribution < 1.29 is 9.59 Å². The van der Waals surface area contributed by atoms with E-state index in [0.717, 1.165) is 22.3 Å². The first-order chi connectivity index (χ1) is 11.1. The fourth-order valence-electron chi connectivity index (χ4n) is 2.56. The fraction of sp³-hybridized carbons (Fsp3) is 0.375. The van der Waals surface area contributed by atoms with Gasteiger partial charge in [-0.2, -0.15) is 0 Å². The van der Waals surface area contributed by atoms with Gasteiger partial charge in [-0.3, -0.25) is 9.59 Å². The van der Waals surface area contributed by atoms with Gasteiger partial charge >= 0.3 is 0 Å². The van der Waals surface area contributed by atoms with Crippen molar-refractivity contribution in [2.24, 2.45) is 0 Å². The average Bonchev–Trinajstić information content (AvgIpc) is 3.18. The second-order valence-corrected chi connectivity index (χ2v) is 8.35. The molecule has 2 amide bonds. The smallest absolute Gasteiger partial charge is 0.223 e. The van der Waals surface area contributed by atoms with E-state index in [1.807, 2.05) is 16.3 Å². The molecule has 1 aliphatic heterocycles. The van der Waals surface area contributed by atoms with Crippen molar-refractivity contribution in [3.63, 3.8) is 0 Å². The Morgan fingerprint density at radius 2 is 2.17 bits per heavy atom. The molecule has 2 aromatic heterocycles. The molecule has 0 atom stereocenters. The number of nitrogens with one attached hydrogen (secondary N) is 1. The van der Waals surface area contributed by atoms with Crippen molar-refractivity contribution in [1.29, 1.82) is 0 Å². The summed E-state index contributed by atoms with van der Waals surface area (Å²) in [4.78, 5) is 28.5. The zero-order valence-corrected chi connectivity index (χ0v) is 15.7. The Bertz CT molecular complexity index is 711. The molecule has 4 nitrogen and oxygen atoms in total. The van der Waals surface area contributed by atoms with Gasteiger partial charge in [0.05, 0.1) is 6.54 Å². The summed E-state index contributed by atoms with van der Waals surface area (Å²) in [5.41, 5.74) is 1.25. The standard InChI is InChI=1S/C16H17BrN2O2S2/c17-12-7-13(23-10-12)8-18-15(20)1-2-16(21)19-5-3-14-11(9-19)4-6-22-14/h4,6-7,10H,1-3,5,8-9H2,(H,18,20). The molecule has 0 fully saturated rings. The molecule has 1 N–H and O–H groups in total. The number of fused-ring (bicyclic) bond motifs is 1. The molecule has 0 aliphatic carbocycles. The summed E-state index contributed by atoms with van der Waals surface area (Å²) in [6.07, 6.45) is 1.45. The van der Waals surface area contributed by atoms with Crippen LogP contribution in [0.1, 0.15) is 28.2 Å². The van der Waals surface area contributed by atoms with Crippen molar-refractivity contribution in [3.05, 3.63) is 42.7 Å². The second-order valence-electron chi connectivity index (χ2n) is 5.44. The highest BCUT2D eigenvalue weighted by molar-refractivity contribution is 9.10. The lowest BCUT2D eigenvalue weighted by Gasteiger charge is -2.27. The Labute approximate surface area is 151 Å². The Morgan fingerprint density at radius 1 is 1.30 bits per heavy atom. The molecule has 0 spiro atoms. The van der Waals surface area contributed by atoms with Crippen LogP contribution in [0.4, 0.5) is 0 Å². The summed E-state index contributed by atoms with van der Waals surface area (Å²) in [6, 6.07) is 4.08. The van der Waals surface area contributed by atoms with Crippen LogP contribution in [0, 0.1) is 0 Å². The van der Waals surface area contributed by atoms with Crippen molar-refractivity contribution in [3.8, 4) is 0 Å². The van der Waals surface area contributed by atoms with Crippen molar-refractivity contribution in [2.45, 2.75) is 32.4 Å². The van der Waals surface area contributed by atoms with Crippen molar-refractivity contribution >= 4 is 50.4 Å². The van der Waals surface area contributed by atoms with Crippen LogP contribution >= 0.6 is 38.6 Å². The normalized spacial score (nSPS) is 13.7. The highest BCUT2D eigenvalue weighted by Crippen LogP contribution is 2.24. The quantitative estimate of drug-likeness (QED) is 0.815. The summed E-state index contributed by atoms with van der Waals surface area (Å²) in [6.45, 7) is 1.96. The van der Waals surface area contributed by atoms with Crippen molar-refractivity contribution in [2.75, 3.05) is 6.54 Å². The molecule has 122 valence electrons. The number of hydrogen-bond acceptors (Lipinski definition) is 4. The minimum atomic E-state index is -0.0731. The maximum absolute atomic E-state index is 12.3. The zero-order valence-electron chi connectivity index (χ0n) is 12.5. The number of carbonyl (C=O) groups excluding carboxylic acids is 2. The lowest BCUT2D eigenvalue weighted by Crippen LogP contribution is -2.36. The minimum Gasteiger partial charge on any atom is -0.351 e. The number of nitrogens with zero attached hydrogens (tertiary/aromatic N) is 1. The molecule has 7 heteroatoms. The lowest BCUT2D eigenvalue weighted by atomic mass is 10.1. The van der Waals surface area contributed by atoms with Gasteiger partial charge in [-0.05, 0) is 45.4 Å². The Morgan fingerprint density at radius 3 is 2.96 bits per heavy atom. The van der Waals surface area contributed by atoms with Crippen LogP contribution in [-0.2, 0) is 29.1 Å². The zero-order chi connectivity index (χ0) is 16.2. The van der Waals surface area contributed by atoms with Gasteiger partial charge in [-0.1, -0.05) is 0 Å². The van der Waals surface area contributed by atoms with E-state index in [1.54, 1.807) is 22.7 Å². The van der Waals surface area contributed by atoms with Gasteiger partial charge in [0.2, 0.25) is 11.8 Å². The van der Waals surface area contributed by atoms with Crippen LogP contribution in [0.5, 0.6) is 0 Å². The molecule has 3 rings (SSSR count). The third kappa shape index (κ3) is 4.43. The number of carbonyl (C=O) groups is 2. The molecule has 23 heavy (non-hydrogen) atoms. The van der Waals surface area contributed by atoms with E-state index in [9.17, 15) is 9.59 Å². The van der Waals surface area contributed by atoms with E-state index < -0.39 is 0 Å². The van der Waals surface area contributed by atoms with Gasteiger partial charge in [0, 0.05) is 45.5 Å². The Hall–Kier alpha value is -1.18. The van der Waals surface area contributed by atoms with Crippen LogP contribution in [-0.4, -0.2) is 23.3 Å². The van der Waals surface area contributed by atoms with Crippen molar-refractivity contribution in [1.82, 2.24) is 10.2 Å². The second kappa shape index (κ2) is 7.59. The van der Waals surface area contributed by atoms with Gasteiger partial charge in [-0.15, -0.1) is 22.7 Å². The number of rotatable bonds is 5. The number of halogens is 1. The molecule has 2 aromatic rings. The van der Waals surface area contributed by atoms with Gasteiger partial charge in [-0.25, -0.2) is 0 Å². The first-order valence-corrected chi connectivity index (χ1v) is 9.99. The topological polar surface area (TPSA) is 49.4 Å². The van der Waals surface area contributed by atoms with Gasteiger partial charge in [0.15, 0.2) is 0 Å². The largest absolute Gasteiger partial charge is 0.351 e. The fourth-order valence-corrected chi connectivity index (χ4v) is 4.84. The average molecular weight is 413 g/mol. The summed E-state index contributed by atoms with van der Waals surface area (Å²) in [5, 5.41) is 6.93. The van der Waals surface area contributed by atoms with E-state index in [-0.39, 0.29) is 24.7 Å². The molecular formula is C16H17BrN2O2S2. The third-order valence-electron chi connectivity index (χ3n) is 3.81. The summed E-state index contributed by atoms with van der Waals surface area (Å²) in [5.74, 6) is -0.00743. The molecule has 1 aliphatic rings. The number of amides is 2. The van der Waals surface area contributed by atoms with E-state index in [4.69, 9.17) is 0 Å². The van der Waals surface area contributed by atoms with Crippen LogP contribution in [0.2, 0.25) is 0 Å². The van der Waals surface area contributed by atoms with E-state index >= 15 is 0 Å². The molecule has 0 aromatic carbocycles. The number of hydrogen-bond donors (Lipinski definition) is 1. The Balaban J connectivity index is 1.41. The van der Waals surface area contributed by atoms with Crippen LogP contribution < -0.4 is 5.32 Å². The maximum atomic E-state index is 12.3. The Kier molecular flexibility index (Phi) is 5.50.